The van der Waals surface area contributed by atoms with Crippen molar-refractivity contribution in [1.82, 2.24) is 4.98 Å². The molecular weight excluding hydrogens is 272 g/mol. The van der Waals surface area contributed by atoms with E-state index in [1.54, 1.807) is 12.4 Å². The average molecular weight is 287 g/mol. The first kappa shape index (κ1) is 11.8. The number of nitrogens with one attached hydrogen (secondary N) is 1. The summed E-state index contributed by atoms with van der Waals surface area (Å²) in [6, 6.07) is 1.96. The highest BCUT2D eigenvalue weighted by Gasteiger charge is 2.31. The van der Waals surface area contributed by atoms with Crippen LogP contribution < -0.4 is 5.32 Å². The van der Waals surface area contributed by atoms with E-state index in [-0.39, 0.29) is 12.1 Å². The number of pyridine rings is 1. The van der Waals surface area contributed by atoms with E-state index in [1.165, 1.54) is 0 Å². The summed E-state index contributed by atoms with van der Waals surface area (Å²) in [5.41, 5.74) is 0.658. The maximum Gasteiger partial charge on any atom is 0.0663 e. The number of nitrogens with zero attached hydrogens (tertiary/aromatic N) is 1. The third-order valence-electron chi connectivity index (χ3n) is 2.87. The molecule has 1 aromatic rings. The van der Waals surface area contributed by atoms with Crippen LogP contribution in [0.4, 0.5) is 5.69 Å². The first-order valence-electron chi connectivity index (χ1n) is 5.31. The largest absolute Gasteiger partial charge is 0.394 e. The topological polar surface area (TPSA) is 54.4 Å². The Hall–Kier alpha value is -0.650. The van der Waals surface area contributed by atoms with E-state index in [0.29, 0.717) is 13.2 Å². The summed E-state index contributed by atoms with van der Waals surface area (Å²) in [6.07, 6.45) is 5.13. The zero-order chi connectivity index (χ0) is 11.4. The average Bonchev–Trinajstić information content (AvgIpc) is 2.30. The van der Waals surface area contributed by atoms with Crippen LogP contribution >= 0.6 is 15.9 Å². The zero-order valence-corrected chi connectivity index (χ0v) is 10.5. The lowest BCUT2D eigenvalue weighted by Crippen LogP contribution is -2.46. The van der Waals surface area contributed by atoms with Gasteiger partial charge in [-0.2, -0.15) is 0 Å². The van der Waals surface area contributed by atoms with E-state index in [9.17, 15) is 5.11 Å². The molecule has 4 nitrogen and oxygen atoms in total. The Balaban J connectivity index is 2.11. The molecule has 2 rings (SSSR count). The summed E-state index contributed by atoms with van der Waals surface area (Å²) in [5, 5.41) is 12.9. The Bertz CT molecular complexity index is 354. The second-order valence-corrected chi connectivity index (χ2v) is 4.98. The molecule has 0 saturated carbocycles. The normalized spacial score (nSPS) is 19.4. The maximum absolute atomic E-state index is 9.52. The second kappa shape index (κ2) is 5.12. The Kier molecular flexibility index (Phi) is 3.78. The molecule has 1 aliphatic rings. The van der Waals surface area contributed by atoms with Crippen LogP contribution in [0.25, 0.3) is 0 Å². The standard InChI is InChI=1S/C11H15BrN2O2/c12-9-5-10(7-13-6-9)14-11(8-15)1-3-16-4-2-11/h5-7,14-15H,1-4,8H2. The monoisotopic (exact) mass is 286 g/mol. The Morgan fingerprint density at radius 1 is 1.44 bits per heavy atom. The smallest absolute Gasteiger partial charge is 0.0663 e. The van der Waals surface area contributed by atoms with E-state index in [4.69, 9.17) is 4.74 Å². The lowest BCUT2D eigenvalue weighted by molar-refractivity contribution is 0.0380. The fraction of sp³-hybridized carbons (Fsp3) is 0.545. The minimum atomic E-state index is -0.263. The molecule has 0 radical (unpaired) electrons. The van der Waals surface area contributed by atoms with Crippen molar-refractivity contribution < 1.29 is 9.84 Å². The summed E-state index contributed by atoms with van der Waals surface area (Å²) in [4.78, 5) is 4.09. The molecule has 1 fully saturated rings. The van der Waals surface area contributed by atoms with Crippen LogP contribution in [0.2, 0.25) is 0 Å². The molecule has 0 amide bonds. The van der Waals surface area contributed by atoms with Crippen LogP contribution in [0.3, 0.4) is 0 Å². The van der Waals surface area contributed by atoms with Crippen molar-refractivity contribution in [3.8, 4) is 0 Å². The number of halogens is 1. The molecule has 0 spiro atoms. The number of anilines is 1. The highest BCUT2D eigenvalue weighted by Crippen LogP contribution is 2.26. The van der Waals surface area contributed by atoms with Gasteiger partial charge in [0.2, 0.25) is 0 Å². The molecule has 0 aromatic carbocycles. The van der Waals surface area contributed by atoms with Gasteiger partial charge in [-0.05, 0) is 34.8 Å². The predicted molar refractivity (Wildman–Crippen MR) is 65.4 cm³/mol. The van der Waals surface area contributed by atoms with Gasteiger partial charge in [0.25, 0.3) is 0 Å². The van der Waals surface area contributed by atoms with E-state index >= 15 is 0 Å². The fourth-order valence-corrected chi connectivity index (χ4v) is 2.24. The van der Waals surface area contributed by atoms with Crippen molar-refractivity contribution in [2.24, 2.45) is 0 Å². The summed E-state index contributed by atoms with van der Waals surface area (Å²) in [7, 11) is 0. The summed E-state index contributed by atoms with van der Waals surface area (Å²) >= 11 is 3.38. The van der Waals surface area contributed by atoms with Gasteiger partial charge in [0.1, 0.15) is 0 Å². The van der Waals surface area contributed by atoms with Crippen LogP contribution in [0.1, 0.15) is 12.8 Å². The van der Waals surface area contributed by atoms with Crippen LogP contribution in [0, 0.1) is 0 Å². The number of ether oxygens (including phenoxy) is 1. The third kappa shape index (κ3) is 2.72. The summed E-state index contributed by atoms with van der Waals surface area (Å²) < 4.78 is 6.24. The van der Waals surface area contributed by atoms with Crippen molar-refractivity contribution in [3.63, 3.8) is 0 Å². The molecule has 5 heteroatoms. The number of hydrogen-bond donors (Lipinski definition) is 2. The van der Waals surface area contributed by atoms with Crippen LogP contribution in [0.5, 0.6) is 0 Å². The second-order valence-electron chi connectivity index (χ2n) is 4.07. The van der Waals surface area contributed by atoms with Gasteiger partial charge in [-0.3, -0.25) is 4.98 Å². The van der Waals surface area contributed by atoms with Crippen molar-refractivity contribution in [1.29, 1.82) is 0 Å². The van der Waals surface area contributed by atoms with Crippen LogP contribution in [0.15, 0.2) is 22.9 Å². The van der Waals surface area contributed by atoms with Gasteiger partial charge < -0.3 is 15.2 Å². The first-order chi connectivity index (χ1) is 7.74. The van der Waals surface area contributed by atoms with Gasteiger partial charge >= 0.3 is 0 Å². The number of aliphatic hydroxyl groups is 1. The van der Waals surface area contributed by atoms with E-state index in [0.717, 1.165) is 23.0 Å². The third-order valence-corrected chi connectivity index (χ3v) is 3.30. The van der Waals surface area contributed by atoms with Crippen LogP contribution in [-0.4, -0.2) is 35.5 Å². The van der Waals surface area contributed by atoms with Gasteiger partial charge in [-0.1, -0.05) is 0 Å². The lowest BCUT2D eigenvalue weighted by Gasteiger charge is -2.37. The first-order valence-corrected chi connectivity index (χ1v) is 6.11. The zero-order valence-electron chi connectivity index (χ0n) is 8.95. The SMILES string of the molecule is OCC1(Nc2cncc(Br)c2)CCOCC1. The van der Waals surface area contributed by atoms with E-state index in [1.807, 2.05) is 6.07 Å². The fourth-order valence-electron chi connectivity index (χ4n) is 1.87. The van der Waals surface area contributed by atoms with Gasteiger partial charge in [-0.15, -0.1) is 0 Å². The molecule has 0 bridgehead atoms. The maximum atomic E-state index is 9.52. The van der Waals surface area contributed by atoms with Gasteiger partial charge in [-0.25, -0.2) is 0 Å². The predicted octanol–water partition coefficient (Wildman–Crippen LogP) is 1.80. The van der Waals surface area contributed by atoms with Crippen molar-refractivity contribution in [2.75, 3.05) is 25.1 Å². The molecule has 1 aromatic heterocycles. The minimum Gasteiger partial charge on any atom is -0.394 e. The van der Waals surface area contributed by atoms with Gasteiger partial charge in [0, 0.05) is 23.9 Å². The Morgan fingerprint density at radius 2 is 2.19 bits per heavy atom. The Morgan fingerprint density at radius 3 is 2.81 bits per heavy atom. The molecular formula is C11H15BrN2O2. The highest BCUT2D eigenvalue weighted by atomic mass is 79.9. The molecule has 16 heavy (non-hydrogen) atoms. The van der Waals surface area contributed by atoms with Gasteiger partial charge in [0.05, 0.1) is 24.0 Å². The van der Waals surface area contributed by atoms with E-state index in [2.05, 4.69) is 26.2 Å². The summed E-state index contributed by atoms with van der Waals surface area (Å²) in [6.45, 7) is 1.49. The lowest BCUT2D eigenvalue weighted by atomic mass is 9.91. The molecule has 2 N–H and O–H groups in total. The minimum absolute atomic E-state index is 0.114. The number of hydrogen-bond acceptors (Lipinski definition) is 4. The van der Waals surface area contributed by atoms with Crippen molar-refractivity contribution in [2.45, 2.75) is 18.4 Å². The van der Waals surface area contributed by atoms with Crippen molar-refractivity contribution in [3.05, 3.63) is 22.9 Å². The molecule has 0 atom stereocenters. The van der Waals surface area contributed by atoms with E-state index < -0.39 is 0 Å². The quantitative estimate of drug-likeness (QED) is 0.890. The molecule has 1 saturated heterocycles. The molecule has 1 aliphatic heterocycles. The molecule has 0 aliphatic carbocycles. The highest BCUT2D eigenvalue weighted by molar-refractivity contribution is 9.10. The number of rotatable bonds is 3. The molecule has 2 heterocycles. The number of aromatic nitrogens is 1. The van der Waals surface area contributed by atoms with Crippen LogP contribution in [-0.2, 0) is 4.74 Å². The summed E-state index contributed by atoms with van der Waals surface area (Å²) in [5.74, 6) is 0. The molecule has 0 unspecified atom stereocenters. The molecule has 88 valence electrons. The Labute approximate surface area is 103 Å². The number of aliphatic hydroxyl groups excluding tert-OH is 1. The van der Waals surface area contributed by atoms with Crippen molar-refractivity contribution >= 4 is 21.6 Å². The van der Waals surface area contributed by atoms with Gasteiger partial charge in [0.15, 0.2) is 0 Å².